The molecule has 1 saturated heterocycles. The van der Waals surface area contributed by atoms with Gasteiger partial charge in [0, 0.05) is 5.69 Å². The van der Waals surface area contributed by atoms with Crippen LogP contribution in [-0.4, -0.2) is 37.6 Å². The first kappa shape index (κ1) is 25.8. The molecule has 0 radical (unpaired) electrons. The van der Waals surface area contributed by atoms with E-state index in [4.69, 9.17) is 14.2 Å². The normalized spacial score (nSPS) is 16.8. The van der Waals surface area contributed by atoms with Crippen molar-refractivity contribution in [2.24, 2.45) is 5.92 Å². The number of amides is 1. The van der Waals surface area contributed by atoms with Crippen LogP contribution in [0.15, 0.2) is 72.3 Å². The minimum absolute atomic E-state index is 0.0430. The number of Topliss-reactive ketones (excluding diaryl/α,β-unsaturated/α-hetero) is 1. The molecule has 7 nitrogen and oxygen atoms in total. The lowest BCUT2D eigenvalue weighted by molar-refractivity contribution is -0.132. The predicted molar refractivity (Wildman–Crippen MR) is 142 cm³/mol. The molecular weight excluding hydrogens is 470 g/mol. The van der Waals surface area contributed by atoms with E-state index in [0.29, 0.717) is 41.0 Å². The minimum atomic E-state index is -0.864. The molecule has 1 N–H and O–H groups in total. The Kier molecular flexibility index (Phi) is 7.53. The lowest BCUT2D eigenvalue weighted by Crippen LogP contribution is -2.29. The molecule has 0 spiro atoms. The summed E-state index contributed by atoms with van der Waals surface area (Å²) in [6, 6.07) is 18.7. The van der Waals surface area contributed by atoms with E-state index in [-0.39, 0.29) is 16.9 Å². The van der Waals surface area contributed by atoms with E-state index < -0.39 is 17.7 Å². The maximum Gasteiger partial charge on any atom is 0.300 e. The van der Waals surface area contributed by atoms with Crippen molar-refractivity contribution in [3.63, 3.8) is 0 Å². The Balaban J connectivity index is 1.90. The maximum atomic E-state index is 13.5. The van der Waals surface area contributed by atoms with Crippen LogP contribution >= 0.6 is 0 Å². The van der Waals surface area contributed by atoms with E-state index >= 15 is 0 Å². The van der Waals surface area contributed by atoms with Crippen molar-refractivity contribution < 1.29 is 28.9 Å². The number of aliphatic hydroxyl groups excluding tert-OH is 1. The molecule has 0 aliphatic carbocycles. The largest absolute Gasteiger partial charge is 0.506 e. The van der Waals surface area contributed by atoms with Gasteiger partial charge in [-0.05, 0) is 54.8 Å². The van der Waals surface area contributed by atoms with E-state index in [1.165, 1.54) is 19.1 Å². The summed E-state index contributed by atoms with van der Waals surface area (Å²) in [5.74, 6) is -0.227. The Morgan fingerprint density at radius 3 is 2.14 bits per heavy atom. The molecule has 3 aromatic rings. The standard InChI is InChI=1S/C30H31NO6/c1-18(2)17-37-22-14-12-21(13-15-22)31-27(20-9-6-8-19(3)16-20)26(29(33)30(31)34)28(32)25-23(35-4)10-7-11-24(25)36-5/h6-16,18,27,32H,17H2,1-5H3/b28-26+. The van der Waals surface area contributed by atoms with Crippen LogP contribution in [0, 0.1) is 12.8 Å². The zero-order valence-electron chi connectivity index (χ0n) is 21.6. The van der Waals surface area contributed by atoms with Gasteiger partial charge in [0.05, 0.1) is 32.4 Å². The quantitative estimate of drug-likeness (QED) is 0.243. The number of ketones is 1. The smallest absolute Gasteiger partial charge is 0.300 e. The van der Waals surface area contributed by atoms with Crippen LogP contribution in [0.2, 0.25) is 0 Å². The van der Waals surface area contributed by atoms with Crippen molar-refractivity contribution in [3.05, 3.63) is 89.0 Å². The molecule has 1 heterocycles. The number of aliphatic hydroxyl groups is 1. The van der Waals surface area contributed by atoms with Crippen molar-refractivity contribution in [2.75, 3.05) is 25.7 Å². The minimum Gasteiger partial charge on any atom is -0.506 e. The number of carbonyl (C=O) groups is 2. The number of benzene rings is 3. The van der Waals surface area contributed by atoms with Crippen molar-refractivity contribution in [3.8, 4) is 17.2 Å². The molecule has 37 heavy (non-hydrogen) atoms. The number of methoxy groups -OCH3 is 2. The molecule has 1 unspecified atom stereocenters. The van der Waals surface area contributed by atoms with Crippen LogP contribution in [0.3, 0.4) is 0 Å². The zero-order valence-corrected chi connectivity index (χ0v) is 21.6. The average molecular weight is 502 g/mol. The van der Waals surface area contributed by atoms with Gasteiger partial charge in [0.1, 0.15) is 28.6 Å². The Morgan fingerprint density at radius 2 is 1.57 bits per heavy atom. The first-order valence-electron chi connectivity index (χ1n) is 12.1. The average Bonchev–Trinajstić information content (AvgIpc) is 3.17. The van der Waals surface area contributed by atoms with Gasteiger partial charge in [-0.25, -0.2) is 0 Å². The molecule has 7 heteroatoms. The summed E-state index contributed by atoms with van der Waals surface area (Å²) >= 11 is 0. The molecule has 1 atom stereocenters. The maximum absolute atomic E-state index is 13.5. The number of nitrogens with zero attached hydrogens (tertiary/aromatic N) is 1. The molecule has 1 fully saturated rings. The number of anilines is 1. The monoisotopic (exact) mass is 501 g/mol. The number of carbonyl (C=O) groups excluding carboxylic acids is 2. The second kappa shape index (κ2) is 10.8. The van der Waals surface area contributed by atoms with Crippen molar-refractivity contribution in [1.82, 2.24) is 0 Å². The number of rotatable bonds is 8. The lowest BCUT2D eigenvalue weighted by Gasteiger charge is -2.26. The fourth-order valence-electron chi connectivity index (χ4n) is 4.44. The molecule has 4 rings (SSSR count). The van der Waals surface area contributed by atoms with Gasteiger partial charge in [0.15, 0.2) is 0 Å². The third-order valence-corrected chi connectivity index (χ3v) is 6.17. The first-order chi connectivity index (χ1) is 17.8. The summed E-state index contributed by atoms with van der Waals surface area (Å²) in [6.45, 7) is 6.62. The number of ether oxygens (including phenoxy) is 3. The van der Waals surface area contributed by atoms with Crippen LogP contribution in [-0.2, 0) is 9.59 Å². The highest BCUT2D eigenvalue weighted by atomic mass is 16.5. The van der Waals surface area contributed by atoms with E-state index in [0.717, 1.165) is 5.56 Å². The third kappa shape index (κ3) is 5.03. The van der Waals surface area contributed by atoms with Gasteiger partial charge in [-0.3, -0.25) is 14.5 Å². The summed E-state index contributed by atoms with van der Waals surface area (Å²) in [4.78, 5) is 28.4. The Bertz CT molecular complexity index is 1320. The Morgan fingerprint density at radius 1 is 0.946 bits per heavy atom. The first-order valence-corrected chi connectivity index (χ1v) is 12.1. The predicted octanol–water partition coefficient (Wildman–Crippen LogP) is 5.67. The molecule has 192 valence electrons. The van der Waals surface area contributed by atoms with Gasteiger partial charge in [-0.1, -0.05) is 49.7 Å². The van der Waals surface area contributed by atoms with Crippen LogP contribution in [0.5, 0.6) is 17.2 Å². The van der Waals surface area contributed by atoms with Crippen LogP contribution in [0.4, 0.5) is 5.69 Å². The van der Waals surface area contributed by atoms with E-state index in [9.17, 15) is 14.7 Å². The Hall–Kier alpha value is -4.26. The second-order valence-corrected chi connectivity index (χ2v) is 9.32. The van der Waals surface area contributed by atoms with Gasteiger partial charge in [-0.2, -0.15) is 0 Å². The van der Waals surface area contributed by atoms with Crippen molar-refractivity contribution >= 4 is 23.1 Å². The van der Waals surface area contributed by atoms with Gasteiger partial charge < -0.3 is 19.3 Å². The summed E-state index contributed by atoms with van der Waals surface area (Å²) < 4.78 is 16.7. The van der Waals surface area contributed by atoms with E-state index in [2.05, 4.69) is 13.8 Å². The van der Waals surface area contributed by atoms with Gasteiger partial charge in [0.2, 0.25) is 0 Å². The van der Waals surface area contributed by atoms with Crippen LogP contribution in [0.25, 0.3) is 5.76 Å². The molecule has 1 amide bonds. The number of hydrogen-bond acceptors (Lipinski definition) is 6. The lowest BCUT2D eigenvalue weighted by atomic mass is 9.93. The summed E-state index contributed by atoms with van der Waals surface area (Å²) in [5, 5.41) is 11.6. The number of hydrogen-bond donors (Lipinski definition) is 1. The molecular formula is C30H31NO6. The molecule has 0 aromatic heterocycles. The fourth-order valence-corrected chi connectivity index (χ4v) is 4.44. The SMILES string of the molecule is COc1cccc(OC)c1/C(O)=C1\C(=O)C(=O)N(c2ccc(OCC(C)C)cc2)C1c1cccc(C)c1. The number of aryl methyl sites for hydroxylation is 1. The van der Waals surface area contributed by atoms with Crippen molar-refractivity contribution in [1.29, 1.82) is 0 Å². The summed E-state index contributed by atoms with van der Waals surface area (Å²) in [6.07, 6.45) is 0. The highest BCUT2D eigenvalue weighted by molar-refractivity contribution is 6.51. The molecule has 1 aliphatic heterocycles. The van der Waals surface area contributed by atoms with Gasteiger partial charge >= 0.3 is 0 Å². The highest BCUT2D eigenvalue weighted by Crippen LogP contribution is 2.45. The topological polar surface area (TPSA) is 85.3 Å². The second-order valence-electron chi connectivity index (χ2n) is 9.32. The Labute approximate surface area is 216 Å². The summed E-state index contributed by atoms with van der Waals surface area (Å²) in [7, 11) is 2.93. The molecule has 0 bridgehead atoms. The molecule has 1 aliphatic rings. The summed E-state index contributed by atoms with van der Waals surface area (Å²) in [5.41, 5.74) is 2.32. The molecule has 0 saturated carbocycles. The zero-order chi connectivity index (χ0) is 26.7. The van der Waals surface area contributed by atoms with E-state index in [1.807, 2.05) is 31.2 Å². The van der Waals surface area contributed by atoms with Gasteiger partial charge in [0.25, 0.3) is 11.7 Å². The van der Waals surface area contributed by atoms with Gasteiger partial charge in [-0.15, -0.1) is 0 Å². The third-order valence-electron chi connectivity index (χ3n) is 6.17. The molecule has 3 aromatic carbocycles. The van der Waals surface area contributed by atoms with Crippen LogP contribution in [0.1, 0.15) is 36.6 Å². The van der Waals surface area contributed by atoms with E-state index in [1.54, 1.807) is 42.5 Å². The highest BCUT2D eigenvalue weighted by Gasteiger charge is 2.47. The fraction of sp³-hybridized carbons (Fsp3) is 0.267. The van der Waals surface area contributed by atoms with Crippen molar-refractivity contribution in [2.45, 2.75) is 26.8 Å². The van der Waals surface area contributed by atoms with Crippen LogP contribution < -0.4 is 19.1 Å².